The van der Waals surface area contributed by atoms with Crippen LogP contribution in [0.1, 0.15) is 11.1 Å². The highest BCUT2D eigenvalue weighted by atomic mass is 127. The number of anilines is 1. The maximum absolute atomic E-state index is 13.2. The van der Waals surface area contributed by atoms with Gasteiger partial charge < -0.3 is 4.74 Å². The summed E-state index contributed by atoms with van der Waals surface area (Å²) < 4.78 is 20.8. The Labute approximate surface area is 210 Å². The molecule has 0 atom stereocenters. The summed E-state index contributed by atoms with van der Waals surface area (Å²) in [6.45, 7) is 0.381. The third-order valence-corrected chi connectivity index (χ3v) is 6.10. The highest BCUT2D eigenvalue weighted by molar-refractivity contribution is 14.1. The van der Waals surface area contributed by atoms with E-state index in [4.69, 9.17) is 4.74 Å². The number of nitrogens with one attached hydrogen (secondary N) is 1. The SMILES string of the molecule is O=C1NC(=O)N(c2ccc(F)cc2)C(=O)/C1=C/c1ccc(OCc2ccc(I)cc2)c(Br)c1. The first-order chi connectivity index (χ1) is 15.8. The molecule has 1 aliphatic rings. The zero-order valence-corrected chi connectivity index (χ0v) is 20.6. The van der Waals surface area contributed by atoms with Crippen LogP contribution in [-0.4, -0.2) is 17.8 Å². The molecule has 0 unspecified atom stereocenters. The van der Waals surface area contributed by atoms with Crippen LogP contribution >= 0.6 is 38.5 Å². The number of benzene rings is 3. The van der Waals surface area contributed by atoms with Gasteiger partial charge in [0.05, 0.1) is 10.2 Å². The van der Waals surface area contributed by atoms with Crippen LogP contribution in [0.4, 0.5) is 14.9 Å². The molecule has 4 rings (SSSR count). The Kier molecular flexibility index (Phi) is 6.89. The largest absolute Gasteiger partial charge is 0.488 e. The lowest BCUT2D eigenvalue weighted by Gasteiger charge is -2.26. The smallest absolute Gasteiger partial charge is 0.335 e. The maximum Gasteiger partial charge on any atom is 0.335 e. The number of ether oxygens (including phenoxy) is 1. The van der Waals surface area contributed by atoms with Crippen molar-refractivity contribution in [3.8, 4) is 5.75 Å². The molecular weight excluding hydrogens is 606 g/mol. The predicted molar refractivity (Wildman–Crippen MR) is 133 cm³/mol. The van der Waals surface area contributed by atoms with E-state index in [1.54, 1.807) is 18.2 Å². The second kappa shape index (κ2) is 9.84. The van der Waals surface area contributed by atoms with Crippen molar-refractivity contribution in [1.29, 1.82) is 0 Å². The highest BCUT2D eigenvalue weighted by Gasteiger charge is 2.36. The van der Waals surface area contributed by atoms with E-state index < -0.39 is 23.7 Å². The lowest BCUT2D eigenvalue weighted by atomic mass is 10.1. The number of hydrogen-bond donors (Lipinski definition) is 1. The third-order valence-electron chi connectivity index (χ3n) is 4.76. The van der Waals surface area contributed by atoms with Crippen LogP contribution in [0.5, 0.6) is 5.75 Å². The quantitative estimate of drug-likeness (QED) is 0.234. The van der Waals surface area contributed by atoms with Gasteiger partial charge in [0.25, 0.3) is 11.8 Å². The number of imide groups is 2. The summed E-state index contributed by atoms with van der Waals surface area (Å²) in [6.07, 6.45) is 1.38. The van der Waals surface area contributed by atoms with E-state index in [1.165, 1.54) is 18.2 Å². The van der Waals surface area contributed by atoms with Gasteiger partial charge in [0.1, 0.15) is 23.7 Å². The lowest BCUT2D eigenvalue weighted by Crippen LogP contribution is -2.54. The Morgan fingerprint density at radius 1 is 1.00 bits per heavy atom. The first-order valence-corrected chi connectivity index (χ1v) is 11.5. The number of rotatable bonds is 5. The van der Waals surface area contributed by atoms with Gasteiger partial charge in [0.15, 0.2) is 0 Å². The van der Waals surface area contributed by atoms with Gasteiger partial charge in [-0.3, -0.25) is 14.9 Å². The minimum atomic E-state index is -0.894. The summed E-state index contributed by atoms with van der Waals surface area (Å²) >= 11 is 5.69. The van der Waals surface area contributed by atoms with E-state index in [2.05, 4.69) is 43.8 Å². The second-order valence-electron chi connectivity index (χ2n) is 7.04. The van der Waals surface area contributed by atoms with Crippen LogP contribution in [0.2, 0.25) is 0 Å². The van der Waals surface area contributed by atoms with Gasteiger partial charge in [-0.25, -0.2) is 14.1 Å². The maximum atomic E-state index is 13.2. The summed E-state index contributed by atoms with van der Waals surface area (Å²) in [4.78, 5) is 38.3. The number of barbiturate groups is 1. The van der Waals surface area contributed by atoms with Crippen molar-refractivity contribution in [3.05, 3.63) is 97.3 Å². The van der Waals surface area contributed by atoms with Gasteiger partial charge in [-0.15, -0.1) is 0 Å². The van der Waals surface area contributed by atoms with Crippen molar-refractivity contribution in [3.63, 3.8) is 0 Å². The van der Waals surface area contributed by atoms with Crippen LogP contribution < -0.4 is 15.0 Å². The Morgan fingerprint density at radius 3 is 2.36 bits per heavy atom. The topological polar surface area (TPSA) is 75.7 Å². The van der Waals surface area contributed by atoms with Crippen molar-refractivity contribution in [2.45, 2.75) is 6.61 Å². The van der Waals surface area contributed by atoms with Gasteiger partial charge in [-0.1, -0.05) is 18.2 Å². The number of amides is 4. The van der Waals surface area contributed by atoms with E-state index in [9.17, 15) is 18.8 Å². The summed E-state index contributed by atoms with van der Waals surface area (Å²) in [5, 5.41) is 2.14. The molecule has 0 aliphatic carbocycles. The summed E-state index contributed by atoms with van der Waals surface area (Å²) in [5.74, 6) is -1.52. The fourth-order valence-corrected chi connectivity index (χ4v) is 3.98. The molecule has 0 spiro atoms. The lowest BCUT2D eigenvalue weighted by molar-refractivity contribution is -0.122. The molecule has 4 amide bonds. The van der Waals surface area contributed by atoms with Gasteiger partial charge in [0.2, 0.25) is 0 Å². The van der Waals surface area contributed by atoms with E-state index in [-0.39, 0.29) is 11.3 Å². The summed E-state index contributed by atoms with van der Waals surface area (Å²) in [6, 6.07) is 17.0. The van der Waals surface area contributed by atoms with Crippen LogP contribution in [0.25, 0.3) is 6.08 Å². The molecule has 6 nitrogen and oxygen atoms in total. The first-order valence-electron chi connectivity index (χ1n) is 9.65. The molecule has 0 bridgehead atoms. The van der Waals surface area contributed by atoms with Crippen molar-refractivity contribution in [2.75, 3.05) is 4.90 Å². The molecule has 3 aromatic carbocycles. The number of urea groups is 1. The number of nitrogens with zero attached hydrogens (tertiary/aromatic N) is 1. The Morgan fingerprint density at radius 2 is 1.70 bits per heavy atom. The van der Waals surface area contributed by atoms with Crippen LogP contribution in [0, 0.1) is 9.39 Å². The van der Waals surface area contributed by atoms with Crippen LogP contribution in [0.3, 0.4) is 0 Å². The van der Waals surface area contributed by atoms with Crippen molar-refractivity contribution < 1.29 is 23.5 Å². The third kappa shape index (κ3) is 5.31. The molecule has 0 saturated carbocycles. The Hall–Kier alpha value is -3.05. The normalized spacial score (nSPS) is 15.1. The van der Waals surface area contributed by atoms with Gasteiger partial charge in [-0.2, -0.15) is 0 Å². The molecule has 1 N–H and O–H groups in total. The molecular formula is C24H15BrFIN2O4. The molecule has 1 fully saturated rings. The van der Waals surface area contributed by atoms with Crippen molar-refractivity contribution >= 4 is 68.1 Å². The minimum Gasteiger partial charge on any atom is -0.488 e. The fourth-order valence-electron chi connectivity index (χ4n) is 3.11. The standard InChI is InChI=1S/C24H15BrFIN2O4/c25-20-12-15(3-10-21(20)33-13-14-1-6-17(27)7-2-14)11-19-22(30)28-24(32)29(23(19)31)18-8-4-16(26)5-9-18/h1-12H,13H2,(H,28,30,32)/b19-11+. The molecule has 9 heteroatoms. The molecule has 1 saturated heterocycles. The average molecular weight is 621 g/mol. The predicted octanol–water partition coefficient (Wildman–Crippen LogP) is 5.44. The summed E-state index contributed by atoms with van der Waals surface area (Å²) in [5.41, 5.74) is 1.50. The van der Waals surface area contributed by atoms with E-state index >= 15 is 0 Å². The van der Waals surface area contributed by atoms with Gasteiger partial charge in [-0.05, 0) is 104 Å². The van der Waals surface area contributed by atoms with Gasteiger partial charge in [0, 0.05) is 3.57 Å². The average Bonchev–Trinajstić information content (AvgIpc) is 2.78. The first kappa shape index (κ1) is 23.1. The Balaban J connectivity index is 1.55. The van der Waals surface area contributed by atoms with Gasteiger partial charge >= 0.3 is 6.03 Å². The molecule has 0 aromatic heterocycles. The van der Waals surface area contributed by atoms with E-state index in [0.29, 0.717) is 22.4 Å². The molecule has 33 heavy (non-hydrogen) atoms. The monoisotopic (exact) mass is 620 g/mol. The Bertz CT molecular complexity index is 1280. The molecule has 1 heterocycles. The molecule has 3 aromatic rings. The fraction of sp³-hybridized carbons (Fsp3) is 0.0417. The highest BCUT2D eigenvalue weighted by Crippen LogP contribution is 2.29. The summed E-state index contributed by atoms with van der Waals surface area (Å²) in [7, 11) is 0. The number of carbonyl (C=O) groups excluding carboxylic acids is 3. The number of hydrogen-bond acceptors (Lipinski definition) is 4. The van der Waals surface area contributed by atoms with E-state index in [1.807, 2.05) is 24.3 Å². The zero-order chi connectivity index (χ0) is 23.5. The second-order valence-corrected chi connectivity index (χ2v) is 9.14. The number of carbonyl (C=O) groups is 3. The van der Waals surface area contributed by atoms with Crippen molar-refractivity contribution in [1.82, 2.24) is 5.32 Å². The van der Waals surface area contributed by atoms with E-state index in [0.717, 1.165) is 26.2 Å². The molecule has 0 radical (unpaired) electrons. The van der Waals surface area contributed by atoms with Crippen LogP contribution in [-0.2, 0) is 16.2 Å². The minimum absolute atomic E-state index is 0.151. The molecule has 166 valence electrons. The molecule has 1 aliphatic heterocycles. The van der Waals surface area contributed by atoms with Crippen molar-refractivity contribution in [2.24, 2.45) is 0 Å². The zero-order valence-electron chi connectivity index (χ0n) is 16.8. The van der Waals surface area contributed by atoms with Crippen LogP contribution in [0.15, 0.2) is 76.8 Å². The number of halogens is 3.